The normalized spacial score (nSPS) is 16.2. The summed E-state index contributed by atoms with van der Waals surface area (Å²) in [6.45, 7) is 1.37. The molecule has 0 amide bonds. The van der Waals surface area contributed by atoms with Crippen LogP contribution in [0.3, 0.4) is 0 Å². The molecule has 2 N–H and O–H groups in total. The topological polar surface area (TPSA) is 69.6 Å². The van der Waals surface area contributed by atoms with Crippen LogP contribution >= 0.6 is 11.6 Å². The van der Waals surface area contributed by atoms with Crippen LogP contribution in [0.4, 0.5) is 11.4 Å². The molecule has 1 heterocycles. The Bertz CT molecular complexity index is 818. The van der Waals surface area contributed by atoms with Gasteiger partial charge in [0.15, 0.2) is 0 Å². The molecular formula is C17H19ClN2O3S. The average Bonchev–Trinajstić information content (AvgIpc) is 2.56. The summed E-state index contributed by atoms with van der Waals surface area (Å²) in [6.07, 6.45) is 1.06. The highest BCUT2D eigenvalue weighted by Gasteiger charge is 2.22. The van der Waals surface area contributed by atoms with Crippen LogP contribution in [-0.2, 0) is 10.0 Å². The van der Waals surface area contributed by atoms with E-state index in [-0.39, 0.29) is 16.0 Å². The fourth-order valence-electron chi connectivity index (χ4n) is 2.80. The van der Waals surface area contributed by atoms with E-state index in [1.807, 2.05) is 12.1 Å². The summed E-state index contributed by atoms with van der Waals surface area (Å²) >= 11 is 6.02. The Balaban J connectivity index is 1.89. The highest BCUT2D eigenvalue weighted by Crippen LogP contribution is 2.31. The fraction of sp³-hybridized carbons (Fsp3) is 0.294. The molecule has 3 rings (SSSR count). The molecule has 2 aromatic rings. The van der Waals surface area contributed by atoms with Crippen molar-refractivity contribution in [2.24, 2.45) is 0 Å². The molecule has 1 fully saturated rings. The fourth-order valence-corrected chi connectivity index (χ4v) is 4.40. The number of aliphatic hydroxyl groups is 1. The molecule has 0 aliphatic carbocycles. The minimum absolute atomic E-state index is 0.0514. The van der Waals surface area contributed by atoms with Crippen LogP contribution in [0.2, 0.25) is 5.02 Å². The van der Waals surface area contributed by atoms with E-state index in [9.17, 15) is 13.5 Å². The summed E-state index contributed by atoms with van der Waals surface area (Å²) in [5, 5.41) is 9.84. The number of sulfonamides is 1. The van der Waals surface area contributed by atoms with Crippen molar-refractivity contribution < 1.29 is 13.5 Å². The van der Waals surface area contributed by atoms with Gasteiger partial charge in [0.1, 0.15) is 4.90 Å². The molecule has 2 aromatic carbocycles. The van der Waals surface area contributed by atoms with E-state index in [0.717, 1.165) is 5.69 Å². The molecule has 7 heteroatoms. The Morgan fingerprint density at radius 3 is 2.38 bits per heavy atom. The summed E-state index contributed by atoms with van der Waals surface area (Å²) in [5.41, 5.74) is 1.31. The molecule has 0 aromatic heterocycles. The third kappa shape index (κ3) is 3.66. The van der Waals surface area contributed by atoms with Gasteiger partial charge in [-0.2, -0.15) is 0 Å². The van der Waals surface area contributed by atoms with Crippen molar-refractivity contribution in [3.63, 3.8) is 0 Å². The maximum absolute atomic E-state index is 12.7. The molecule has 1 aliphatic rings. The van der Waals surface area contributed by atoms with Gasteiger partial charge in [-0.1, -0.05) is 35.9 Å². The molecule has 24 heavy (non-hydrogen) atoms. The van der Waals surface area contributed by atoms with E-state index in [0.29, 0.717) is 31.6 Å². The number of aliphatic hydroxyl groups excluding tert-OH is 1. The molecule has 0 radical (unpaired) electrons. The number of para-hydroxylation sites is 2. The number of nitrogens with one attached hydrogen (secondary N) is 1. The Hall–Kier alpha value is -1.76. The standard InChI is InChI=1S/C17H19ClN2O3S/c18-14-5-1-4-8-17(14)24(22,23)19-15-6-2-3-7-16(15)20-11-9-13(21)10-12-20/h1-8,13,19,21H,9-12H2. The van der Waals surface area contributed by atoms with Crippen LogP contribution in [0.1, 0.15) is 12.8 Å². The van der Waals surface area contributed by atoms with E-state index in [1.54, 1.807) is 30.3 Å². The smallest absolute Gasteiger partial charge is 0.263 e. The number of anilines is 2. The van der Waals surface area contributed by atoms with Crippen molar-refractivity contribution in [1.82, 2.24) is 0 Å². The molecule has 0 bridgehead atoms. The highest BCUT2D eigenvalue weighted by atomic mass is 35.5. The number of rotatable bonds is 4. The van der Waals surface area contributed by atoms with Gasteiger partial charge in [0.2, 0.25) is 0 Å². The molecule has 5 nitrogen and oxygen atoms in total. The Morgan fingerprint density at radius 1 is 1.04 bits per heavy atom. The Morgan fingerprint density at radius 2 is 1.67 bits per heavy atom. The van der Waals surface area contributed by atoms with Crippen molar-refractivity contribution >= 4 is 33.0 Å². The molecule has 128 valence electrons. The number of halogens is 1. The Labute approximate surface area is 146 Å². The van der Waals surface area contributed by atoms with Crippen LogP contribution in [0.25, 0.3) is 0 Å². The van der Waals surface area contributed by atoms with Gasteiger partial charge >= 0.3 is 0 Å². The van der Waals surface area contributed by atoms with Gasteiger partial charge in [0, 0.05) is 13.1 Å². The number of benzene rings is 2. The van der Waals surface area contributed by atoms with Gasteiger partial charge in [0.25, 0.3) is 10.0 Å². The number of hydrogen-bond donors (Lipinski definition) is 2. The SMILES string of the molecule is O=S(=O)(Nc1ccccc1N1CCC(O)CC1)c1ccccc1Cl. The molecule has 1 saturated heterocycles. The zero-order valence-electron chi connectivity index (χ0n) is 13.0. The first kappa shape index (κ1) is 17.1. The predicted octanol–water partition coefficient (Wildman–Crippen LogP) is 3.10. The van der Waals surface area contributed by atoms with Crippen molar-refractivity contribution in [2.75, 3.05) is 22.7 Å². The number of piperidine rings is 1. The second kappa shape index (κ2) is 7.01. The average molecular weight is 367 g/mol. The largest absolute Gasteiger partial charge is 0.393 e. The summed E-state index contributed by atoms with van der Waals surface area (Å²) < 4.78 is 27.9. The van der Waals surface area contributed by atoms with E-state index in [2.05, 4.69) is 9.62 Å². The summed E-state index contributed by atoms with van der Waals surface area (Å²) in [7, 11) is -3.77. The van der Waals surface area contributed by atoms with E-state index in [1.165, 1.54) is 6.07 Å². The predicted molar refractivity (Wildman–Crippen MR) is 96.2 cm³/mol. The van der Waals surface area contributed by atoms with Gasteiger partial charge < -0.3 is 10.0 Å². The first-order chi connectivity index (χ1) is 11.5. The lowest BCUT2D eigenvalue weighted by molar-refractivity contribution is 0.145. The highest BCUT2D eigenvalue weighted by molar-refractivity contribution is 7.92. The Kier molecular flexibility index (Phi) is 4.99. The molecule has 0 spiro atoms. The lowest BCUT2D eigenvalue weighted by atomic mass is 10.1. The summed E-state index contributed by atoms with van der Waals surface area (Å²) in [4.78, 5) is 2.13. The first-order valence-electron chi connectivity index (χ1n) is 7.77. The van der Waals surface area contributed by atoms with Gasteiger partial charge in [0.05, 0.1) is 22.5 Å². The van der Waals surface area contributed by atoms with E-state index < -0.39 is 10.0 Å². The van der Waals surface area contributed by atoms with Gasteiger partial charge in [-0.25, -0.2) is 8.42 Å². The van der Waals surface area contributed by atoms with Crippen molar-refractivity contribution in [2.45, 2.75) is 23.8 Å². The lowest BCUT2D eigenvalue weighted by Crippen LogP contribution is -2.36. The monoisotopic (exact) mass is 366 g/mol. The third-order valence-corrected chi connectivity index (χ3v) is 5.95. The maximum atomic E-state index is 12.7. The van der Waals surface area contributed by atoms with Crippen LogP contribution < -0.4 is 9.62 Å². The lowest BCUT2D eigenvalue weighted by Gasteiger charge is -2.32. The molecular weight excluding hydrogens is 348 g/mol. The maximum Gasteiger partial charge on any atom is 0.263 e. The van der Waals surface area contributed by atoms with Crippen LogP contribution in [0.15, 0.2) is 53.4 Å². The van der Waals surface area contributed by atoms with Crippen LogP contribution in [0.5, 0.6) is 0 Å². The number of nitrogens with zero attached hydrogens (tertiary/aromatic N) is 1. The second-order valence-corrected chi connectivity index (χ2v) is 7.83. The van der Waals surface area contributed by atoms with Crippen LogP contribution in [-0.4, -0.2) is 32.7 Å². The summed E-state index contributed by atoms with van der Waals surface area (Å²) in [6, 6.07) is 13.6. The van der Waals surface area contributed by atoms with Crippen LogP contribution in [0, 0.1) is 0 Å². The van der Waals surface area contributed by atoms with E-state index >= 15 is 0 Å². The molecule has 0 unspecified atom stereocenters. The first-order valence-corrected chi connectivity index (χ1v) is 9.63. The molecule has 0 atom stereocenters. The quantitative estimate of drug-likeness (QED) is 0.872. The minimum Gasteiger partial charge on any atom is -0.393 e. The van der Waals surface area contributed by atoms with E-state index in [4.69, 9.17) is 11.6 Å². The summed E-state index contributed by atoms with van der Waals surface area (Å²) in [5.74, 6) is 0. The van der Waals surface area contributed by atoms with Gasteiger partial charge in [-0.3, -0.25) is 4.72 Å². The van der Waals surface area contributed by atoms with Gasteiger partial charge in [-0.05, 0) is 37.1 Å². The van der Waals surface area contributed by atoms with Crippen molar-refractivity contribution in [3.8, 4) is 0 Å². The van der Waals surface area contributed by atoms with Crippen molar-refractivity contribution in [1.29, 1.82) is 0 Å². The molecule has 1 aliphatic heterocycles. The van der Waals surface area contributed by atoms with Gasteiger partial charge in [-0.15, -0.1) is 0 Å². The van der Waals surface area contributed by atoms with Crippen molar-refractivity contribution in [3.05, 3.63) is 53.6 Å². The second-order valence-electron chi connectivity index (χ2n) is 5.77. The molecule has 0 saturated carbocycles. The third-order valence-electron chi connectivity index (χ3n) is 4.08. The minimum atomic E-state index is -3.77. The zero-order valence-corrected chi connectivity index (χ0v) is 14.6. The number of hydrogen-bond acceptors (Lipinski definition) is 4. The zero-order chi connectivity index (χ0) is 17.2.